The van der Waals surface area contributed by atoms with E-state index >= 15 is 0 Å². The Kier molecular flexibility index (Phi) is 23.7. The van der Waals surface area contributed by atoms with E-state index in [0.29, 0.717) is 0 Å². The Morgan fingerprint density at radius 2 is 0.915 bits per heavy atom. The van der Waals surface area contributed by atoms with E-state index in [4.69, 9.17) is 4.42 Å². The van der Waals surface area contributed by atoms with Crippen molar-refractivity contribution in [3.05, 3.63) is 199 Å². The van der Waals surface area contributed by atoms with Gasteiger partial charge in [-0.25, -0.2) is 0 Å². The van der Waals surface area contributed by atoms with Crippen molar-refractivity contribution in [3.8, 4) is 33.4 Å². The van der Waals surface area contributed by atoms with E-state index in [-0.39, 0.29) is 0 Å². The number of aryl methyl sites for hydroxylation is 1. The molecule has 0 aliphatic rings. The number of hydrogen-bond donors (Lipinski definition) is 0. The maximum atomic E-state index is 5.73. The van der Waals surface area contributed by atoms with Gasteiger partial charge in [-0.2, -0.15) is 0 Å². The van der Waals surface area contributed by atoms with Gasteiger partial charge in [0.05, 0.1) is 0 Å². The molecule has 0 bridgehead atoms. The molecule has 304 valence electrons. The second kappa shape index (κ2) is 28.4. The summed E-state index contributed by atoms with van der Waals surface area (Å²) in [6.07, 6.45) is 2.22. The fourth-order valence-electron chi connectivity index (χ4n) is 5.97. The minimum atomic E-state index is 0.966. The van der Waals surface area contributed by atoms with Gasteiger partial charge in [0.25, 0.3) is 0 Å². The standard InChI is InChI=1S/C27H22.C13H10O.C8H9B.C3H8.3C2H6/c1-20(2)23-14-9-15-24(16-23)27-18-25(21-10-5-3-6-11-21)17-26(19-27)22-12-7-4-8-13-22;1-9-6-7-11-10-4-2-3-5-12(10)14-13(11)8-9;1-9-7-8-5-3-2-4-6-8;1-3-2;3*1-2/h3-19H,1H2,2H3;2-8H,1H3;2-6H,1,7H2;3H2,1-2H3;3*1-2H3. The van der Waals surface area contributed by atoms with Crippen molar-refractivity contribution < 1.29 is 4.42 Å². The van der Waals surface area contributed by atoms with Gasteiger partial charge in [-0.15, -0.1) is 0 Å². The maximum absolute atomic E-state index is 5.73. The summed E-state index contributed by atoms with van der Waals surface area (Å²) >= 11 is 0. The van der Waals surface area contributed by atoms with E-state index in [9.17, 15) is 0 Å². The molecular weight excluding hydrogens is 711 g/mol. The van der Waals surface area contributed by atoms with Crippen molar-refractivity contribution in [1.82, 2.24) is 0 Å². The zero-order valence-electron chi connectivity index (χ0n) is 37.6. The summed E-state index contributed by atoms with van der Waals surface area (Å²) in [7, 11) is 0. The first-order valence-electron chi connectivity index (χ1n) is 21.4. The van der Waals surface area contributed by atoms with Gasteiger partial charge in [-0.1, -0.05) is 183 Å². The molecule has 8 aromatic rings. The van der Waals surface area contributed by atoms with Crippen LogP contribution in [0.5, 0.6) is 0 Å². The largest absolute Gasteiger partial charge is 0.456 e. The van der Waals surface area contributed by atoms with Gasteiger partial charge in [0.1, 0.15) is 11.2 Å². The molecule has 8 rings (SSSR count). The summed E-state index contributed by atoms with van der Waals surface area (Å²) in [5.74, 6) is 0. The van der Waals surface area contributed by atoms with E-state index in [0.717, 1.165) is 23.1 Å². The quantitative estimate of drug-likeness (QED) is 0.153. The van der Waals surface area contributed by atoms with Crippen molar-refractivity contribution in [2.75, 3.05) is 0 Å². The molecule has 0 atom stereocenters. The zero-order valence-corrected chi connectivity index (χ0v) is 37.6. The Morgan fingerprint density at radius 3 is 1.42 bits per heavy atom. The number of rotatable bonds is 6. The van der Waals surface area contributed by atoms with Gasteiger partial charge in [0.2, 0.25) is 0 Å². The number of para-hydroxylation sites is 1. The van der Waals surface area contributed by atoms with Crippen LogP contribution in [0.2, 0.25) is 0 Å². The normalized spacial score (nSPS) is 9.39. The summed E-state index contributed by atoms with van der Waals surface area (Å²) in [6.45, 7) is 30.0. The summed E-state index contributed by atoms with van der Waals surface area (Å²) in [6, 6.07) is 61.3. The molecule has 7 aromatic carbocycles. The number of hydrogen-bond acceptors (Lipinski definition) is 1. The molecule has 1 aromatic heterocycles. The molecule has 1 heterocycles. The van der Waals surface area contributed by atoms with Crippen molar-refractivity contribution in [2.45, 2.75) is 82.0 Å². The summed E-state index contributed by atoms with van der Waals surface area (Å²) in [5, 5.41) is 2.40. The first kappa shape index (κ1) is 49.2. The molecule has 0 radical (unpaired) electrons. The van der Waals surface area contributed by atoms with E-state index in [2.05, 4.69) is 180 Å². The van der Waals surface area contributed by atoms with E-state index < -0.39 is 0 Å². The number of benzene rings is 7. The van der Waals surface area contributed by atoms with Crippen LogP contribution in [0.15, 0.2) is 187 Å². The van der Waals surface area contributed by atoms with Crippen LogP contribution in [0.4, 0.5) is 0 Å². The Hall–Kier alpha value is -5.99. The minimum Gasteiger partial charge on any atom is -0.456 e. The molecule has 1 nitrogen and oxygen atoms in total. The number of furan rings is 1. The number of allylic oxidation sites excluding steroid dienone is 1. The minimum absolute atomic E-state index is 0.966. The molecule has 2 heteroatoms. The third-order valence-corrected chi connectivity index (χ3v) is 8.59. The molecule has 0 aliphatic heterocycles. The van der Waals surface area contributed by atoms with Crippen LogP contribution in [-0.2, 0) is 6.32 Å². The first-order chi connectivity index (χ1) is 28.9. The molecular formula is C57H67BO. The van der Waals surface area contributed by atoms with Crippen LogP contribution in [0, 0.1) is 6.92 Å². The number of fused-ring (bicyclic) bond motifs is 3. The first-order valence-corrected chi connectivity index (χ1v) is 21.4. The smallest absolute Gasteiger partial charge is 0.135 e. The molecule has 0 saturated carbocycles. The van der Waals surface area contributed by atoms with E-state index in [1.165, 1.54) is 67.3 Å². The van der Waals surface area contributed by atoms with Crippen LogP contribution in [0.25, 0.3) is 60.9 Å². The monoisotopic (exact) mass is 779 g/mol. The molecule has 59 heavy (non-hydrogen) atoms. The average Bonchev–Trinajstić information content (AvgIpc) is 3.68. The fourth-order valence-corrected chi connectivity index (χ4v) is 5.97. The summed E-state index contributed by atoms with van der Waals surface area (Å²) < 4.78 is 5.73. The van der Waals surface area contributed by atoms with Crippen molar-refractivity contribution in [2.24, 2.45) is 0 Å². The third kappa shape index (κ3) is 15.7. The van der Waals surface area contributed by atoms with Gasteiger partial charge in [0.15, 0.2) is 0 Å². The van der Waals surface area contributed by atoms with Crippen molar-refractivity contribution in [3.63, 3.8) is 0 Å². The maximum Gasteiger partial charge on any atom is 0.135 e. The summed E-state index contributed by atoms with van der Waals surface area (Å²) in [5.41, 5.74) is 14.1. The Balaban J connectivity index is 0.000000312. The second-order valence-electron chi connectivity index (χ2n) is 13.2. The molecule has 0 aliphatic carbocycles. The van der Waals surface area contributed by atoms with Crippen LogP contribution in [-0.4, -0.2) is 13.4 Å². The SMILES string of the molecule is C=BCc1ccccc1.C=C(C)c1cccc(-c2cc(-c3ccccc3)cc(-c3ccccc3)c2)c1.CC.CC.CC.CCC.Cc1ccc2c(c1)oc1ccccc12. The Labute approximate surface area is 358 Å². The zero-order chi connectivity index (χ0) is 43.4. The van der Waals surface area contributed by atoms with Gasteiger partial charge in [0, 0.05) is 10.8 Å². The topological polar surface area (TPSA) is 13.1 Å². The average molecular weight is 779 g/mol. The predicted molar refractivity (Wildman–Crippen MR) is 269 cm³/mol. The molecule has 0 unspecified atom stereocenters. The molecule has 0 spiro atoms. The predicted octanol–water partition coefficient (Wildman–Crippen LogP) is 17.4. The van der Waals surface area contributed by atoms with Gasteiger partial charge < -0.3 is 4.42 Å². The van der Waals surface area contributed by atoms with Gasteiger partial charge >= 0.3 is 55.6 Å². The summed E-state index contributed by atoms with van der Waals surface area (Å²) in [4.78, 5) is 0. The van der Waals surface area contributed by atoms with E-state index in [1.54, 1.807) is 0 Å². The third-order valence-electron chi connectivity index (χ3n) is 8.59. The van der Waals surface area contributed by atoms with Gasteiger partial charge in [-0.3, -0.25) is 0 Å². The van der Waals surface area contributed by atoms with Crippen LogP contribution < -0.4 is 0 Å². The van der Waals surface area contributed by atoms with Crippen LogP contribution in [0.1, 0.15) is 85.4 Å². The fraction of sp³-hybridized carbons (Fsp3) is 0.211. The molecule has 0 N–H and O–H groups in total. The Bertz CT molecular complexity index is 2290. The molecule has 0 saturated heterocycles. The molecule has 0 amide bonds. The van der Waals surface area contributed by atoms with Crippen LogP contribution >= 0.6 is 0 Å². The van der Waals surface area contributed by atoms with Crippen LogP contribution in [0.3, 0.4) is 0 Å². The van der Waals surface area contributed by atoms with E-state index in [1.807, 2.05) is 84.9 Å². The van der Waals surface area contributed by atoms with Crippen molar-refractivity contribution in [1.29, 1.82) is 0 Å². The van der Waals surface area contributed by atoms with Gasteiger partial charge in [-0.05, 0) is 94.8 Å². The molecule has 0 fully saturated rings. The van der Waals surface area contributed by atoms with Crippen molar-refractivity contribution >= 4 is 40.9 Å². The Morgan fingerprint density at radius 1 is 0.475 bits per heavy atom. The second-order valence-corrected chi connectivity index (χ2v) is 13.2.